The predicted octanol–water partition coefficient (Wildman–Crippen LogP) is 2.18. The number of carbonyl (C=O) groups is 1. The van der Waals surface area contributed by atoms with Gasteiger partial charge in [-0.05, 0) is 30.3 Å². The predicted molar refractivity (Wildman–Crippen MR) is 41.7 cm³/mol. The third-order valence-corrected chi connectivity index (χ3v) is 2.24. The number of carbonyl (C=O) groups excluding carboxylic acids is 1. The van der Waals surface area contributed by atoms with Crippen molar-refractivity contribution in [2.24, 2.45) is 11.3 Å². The maximum Gasteiger partial charge on any atom is 0.145 e. The van der Waals surface area contributed by atoms with Gasteiger partial charge >= 0.3 is 0 Å². The first kappa shape index (κ1) is 7.52. The molecule has 56 valence electrons. The molecule has 1 heteroatoms. The first-order valence-electron chi connectivity index (χ1n) is 3.70. The molecule has 10 heavy (non-hydrogen) atoms. The van der Waals surface area contributed by atoms with Crippen molar-refractivity contribution < 1.29 is 4.79 Å². The molecule has 0 N–H and O–H groups in total. The Morgan fingerprint density at radius 2 is 2.10 bits per heavy atom. The average Bonchev–Trinajstić information content (AvgIpc) is 2.40. The van der Waals surface area contributed by atoms with Crippen molar-refractivity contribution in [3.05, 3.63) is 11.6 Å². The summed E-state index contributed by atoms with van der Waals surface area (Å²) < 4.78 is 0. The van der Waals surface area contributed by atoms with E-state index in [9.17, 15) is 4.79 Å². The lowest BCUT2D eigenvalue weighted by Gasteiger charge is -1.96. The van der Waals surface area contributed by atoms with Gasteiger partial charge in [0.15, 0.2) is 0 Å². The van der Waals surface area contributed by atoms with Crippen LogP contribution in [0.1, 0.15) is 27.2 Å². The molecule has 0 aromatic rings. The second-order valence-corrected chi connectivity index (χ2v) is 3.83. The minimum atomic E-state index is 0.463. The lowest BCUT2D eigenvalue weighted by molar-refractivity contribution is -0.104. The highest BCUT2D eigenvalue weighted by molar-refractivity contribution is 5.72. The molecular formula is C9H14O. The molecule has 1 unspecified atom stereocenters. The highest BCUT2D eigenvalue weighted by Gasteiger charge is 2.43. The molecule has 0 saturated heterocycles. The van der Waals surface area contributed by atoms with Gasteiger partial charge in [-0.1, -0.05) is 19.9 Å². The molecular weight excluding hydrogens is 124 g/mol. The Balaban J connectivity index is 2.50. The standard InChI is InChI=1S/C9H14O/c1-7(6-10)4-8-5-9(8,2)3/h4,6,8H,5H2,1-3H3. The Hall–Kier alpha value is -0.590. The van der Waals surface area contributed by atoms with E-state index in [1.54, 1.807) is 0 Å². The summed E-state index contributed by atoms with van der Waals surface area (Å²) in [7, 11) is 0. The first-order chi connectivity index (χ1) is 4.56. The molecule has 1 rings (SSSR count). The van der Waals surface area contributed by atoms with E-state index in [-0.39, 0.29) is 0 Å². The first-order valence-corrected chi connectivity index (χ1v) is 3.70. The lowest BCUT2D eigenvalue weighted by Crippen LogP contribution is -1.87. The van der Waals surface area contributed by atoms with E-state index < -0.39 is 0 Å². The molecule has 1 saturated carbocycles. The zero-order valence-electron chi connectivity index (χ0n) is 6.85. The van der Waals surface area contributed by atoms with Crippen LogP contribution < -0.4 is 0 Å². The van der Waals surface area contributed by atoms with Crippen LogP contribution in [0, 0.1) is 11.3 Å². The van der Waals surface area contributed by atoms with Crippen LogP contribution >= 0.6 is 0 Å². The monoisotopic (exact) mass is 138 g/mol. The summed E-state index contributed by atoms with van der Waals surface area (Å²) in [4.78, 5) is 10.2. The fourth-order valence-corrected chi connectivity index (χ4v) is 1.15. The molecule has 0 spiro atoms. The molecule has 1 nitrogen and oxygen atoms in total. The lowest BCUT2D eigenvalue weighted by atomic mass is 10.1. The van der Waals surface area contributed by atoms with Gasteiger partial charge < -0.3 is 0 Å². The normalized spacial score (nSPS) is 29.9. The van der Waals surface area contributed by atoms with Crippen LogP contribution in [0.4, 0.5) is 0 Å². The summed E-state index contributed by atoms with van der Waals surface area (Å²) in [6, 6.07) is 0. The summed E-state index contributed by atoms with van der Waals surface area (Å²) in [6.45, 7) is 6.32. The van der Waals surface area contributed by atoms with Crippen molar-refractivity contribution in [2.75, 3.05) is 0 Å². The summed E-state index contributed by atoms with van der Waals surface area (Å²) in [5.74, 6) is 0.651. The van der Waals surface area contributed by atoms with Crippen molar-refractivity contribution >= 4 is 6.29 Å². The third kappa shape index (κ3) is 1.47. The van der Waals surface area contributed by atoms with E-state index in [2.05, 4.69) is 19.9 Å². The van der Waals surface area contributed by atoms with Crippen LogP contribution in [-0.4, -0.2) is 6.29 Å². The highest BCUT2D eigenvalue weighted by atomic mass is 16.1. The van der Waals surface area contributed by atoms with Crippen LogP contribution in [-0.2, 0) is 4.79 Å². The quantitative estimate of drug-likeness (QED) is 0.422. The van der Waals surface area contributed by atoms with Crippen LogP contribution in [0.15, 0.2) is 11.6 Å². The Bertz CT molecular complexity index is 177. The highest BCUT2D eigenvalue weighted by Crippen LogP contribution is 2.52. The number of hydrogen-bond donors (Lipinski definition) is 0. The molecule has 0 aliphatic heterocycles. The van der Waals surface area contributed by atoms with E-state index in [0.717, 1.165) is 11.9 Å². The molecule has 0 aromatic carbocycles. The van der Waals surface area contributed by atoms with Gasteiger partial charge in [-0.3, -0.25) is 4.79 Å². The van der Waals surface area contributed by atoms with Gasteiger partial charge in [-0.2, -0.15) is 0 Å². The van der Waals surface area contributed by atoms with E-state index in [1.807, 2.05) is 6.92 Å². The molecule has 1 fully saturated rings. The van der Waals surface area contributed by atoms with Crippen LogP contribution in [0.25, 0.3) is 0 Å². The van der Waals surface area contributed by atoms with Gasteiger partial charge in [-0.15, -0.1) is 0 Å². The number of rotatable bonds is 2. The molecule has 1 aliphatic rings. The van der Waals surface area contributed by atoms with Crippen molar-refractivity contribution in [3.63, 3.8) is 0 Å². The summed E-state index contributed by atoms with van der Waals surface area (Å²) in [5, 5.41) is 0. The topological polar surface area (TPSA) is 17.1 Å². The SMILES string of the molecule is CC(C=O)=CC1CC1(C)C. The summed E-state index contributed by atoms with van der Waals surface area (Å²) >= 11 is 0. The van der Waals surface area contributed by atoms with Gasteiger partial charge in [0.25, 0.3) is 0 Å². The summed E-state index contributed by atoms with van der Waals surface area (Å²) in [6.07, 6.45) is 4.24. The van der Waals surface area contributed by atoms with Crippen molar-refractivity contribution in [3.8, 4) is 0 Å². The van der Waals surface area contributed by atoms with Gasteiger partial charge in [0.2, 0.25) is 0 Å². The molecule has 0 radical (unpaired) electrons. The van der Waals surface area contributed by atoms with Gasteiger partial charge in [0.1, 0.15) is 6.29 Å². The molecule has 1 aliphatic carbocycles. The zero-order chi connectivity index (χ0) is 7.78. The Morgan fingerprint density at radius 3 is 2.40 bits per heavy atom. The fraction of sp³-hybridized carbons (Fsp3) is 0.667. The fourth-order valence-electron chi connectivity index (χ4n) is 1.15. The smallest absolute Gasteiger partial charge is 0.145 e. The molecule has 0 amide bonds. The van der Waals surface area contributed by atoms with E-state index >= 15 is 0 Å². The largest absolute Gasteiger partial charge is 0.298 e. The second-order valence-electron chi connectivity index (χ2n) is 3.83. The number of hydrogen-bond acceptors (Lipinski definition) is 1. The minimum Gasteiger partial charge on any atom is -0.298 e. The Morgan fingerprint density at radius 1 is 1.60 bits per heavy atom. The van der Waals surface area contributed by atoms with Crippen molar-refractivity contribution in [1.82, 2.24) is 0 Å². The van der Waals surface area contributed by atoms with Crippen LogP contribution in [0.2, 0.25) is 0 Å². The van der Waals surface area contributed by atoms with Crippen LogP contribution in [0.3, 0.4) is 0 Å². The average molecular weight is 138 g/mol. The van der Waals surface area contributed by atoms with E-state index in [4.69, 9.17) is 0 Å². The van der Waals surface area contributed by atoms with Crippen molar-refractivity contribution in [1.29, 1.82) is 0 Å². The Kier molecular flexibility index (Phi) is 1.67. The molecule has 0 heterocycles. The van der Waals surface area contributed by atoms with Gasteiger partial charge in [-0.25, -0.2) is 0 Å². The maximum atomic E-state index is 10.2. The second kappa shape index (κ2) is 2.22. The molecule has 0 bridgehead atoms. The van der Waals surface area contributed by atoms with Crippen molar-refractivity contribution in [2.45, 2.75) is 27.2 Å². The summed E-state index contributed by atoms with van der Waals surface area (Å²) in [5.41, 5.74) is 1.33. The maximum absolute atomic E-state index is 10.2. The molecule has 0 aromatic heterocycles. The van der Waals surface area contributed by atoms with Gasteiger partial charge in [0.05, 0.1) is 0 Å². The minimum absolute atomic E-state index is 0.463. The zero-order valence-corrected chi connectivity index (χ0v) is 6.85. The number of aldehydes is 1. The third-order valence-electron chi connectivity index (χ3n) is 2.24. The molecule has 1 atom stereocenters. The van der Waals surface area contributed by atoms with Gasteiger partial charge in [0, 0.05) is 0 Å². The van der Waals surface area contributed by atoms with E-state index in [1.165, 1.54) is 6.42 Å². The van der Waals surface area contributed by atoms with E-state index in [0.29, 0.717) is 11.3 Å². The number of allylic oxidation sites excluding steroid dienone is 2. The van der Waals surface area contributed by atoms with Crippen LogP contribution in [0.5, 0.6) is 0 Å². The Labute approximate surface area is 62.1 Å².